The molecule has 2 heterocycles. The molecule has 0 aliphatic rings. The Morgan fingerprint density at radius 1 is 1.56 bits per heavy atom. The van der Waals surface area contributed by atoms with Gasteiger partial charge >= 0.3 is 0 Å². The largest absolute Gasteiger partial charge is 0.350 e. The van der Waals surface area contributed by atoms with Gasteiger partial charge in [0.15, 0.2) is 0 Å². The summed E-state index contributed by atoms with van der Waals surface area (Å²) >= 11 is 9.13. The van der Waals surface area contributed by atoms with Gasteiger partial charge in [-0.2, -0.15) is 0 Å². The van der Waals surface area contributed by atoms with E-state index in [0.29, 0.717) is 6.54 Å². The van der Waals surface area contributed by atoms with Gasteiger partial charge in [0, 0.05) is 15.9 Å². The lowest BCUT2D eigenvalue weighted by Crippen LogP contribution is -2.28. The van der Waals surface area contributed by atoms with Crippen LogP contribution in [-0.2, 0) is 0 Å². The van der Waals surface area contributed by atoms with Crippen molar-refractivity contribution in [3.8, 4) is 0 Å². The molecule has 86 valence electrons. The lowest BCUT2D eigenvalue weighted by atomic mass is 10.3. The third-order valence-electron chi connectivity index (χ3n) is 2.29. The Kier molecular flexibility index (Phi) is 3.84. The summed E-state index contributed by atoms with van der Waals surface area (Å²) in [5, 5.41) is 4.90. The van der Waals surface area contributed by atoms with Crippen LogP contribution in [-0.4, -0.2) is 17.8 Å². The number of nitrogens with one attached hydrogen (secondary N) is 1. The molecule has 0 bridgehead atoms. The summed E-state index contributed by atoms with van der Waals surface area (Å²) in [6.45, 7) is 2.54. The maximum atomic E-state index is 11.8. The summed E-state index contributed by atoms with van der Waals surface area (Å²) < 4.78 is 2.35. The molecule has 5 heteroatoms. The van der Waals surface area contributed by atoms with Crippen LogP contribution in [0.3, 0.4) is 0 Å². The molecule has 1 unspecified atom stereocenters. The van der Waals surface area contributed by atoms with Crippen molar-refractivity contribution in [2.24, 2.45) is 0 Å². The van der Waals surface area contributed by atoms with E-state index in [-0.39, 0.29) is 11.3 Å². The quantitative estimate of drug-likeness (QED) is 0.846. The number of alkyl halides is 1. The molecule has 2 aromatic heterocycles. The van der Waals surface area contributed by atoms with E-state index >= 15 is 0 Å². The molecule has 0 aliphatic carbocycles. The van der Waals surface area contributed by atoms with Gasteiger partial charge in [0.05, 0.1) is 10.3 Å². The molecular weight excluding hydrogens is 262 g/mol. The average molecular weight is 274 g/mol. The van der Waals surface area contributed by atoms with Crippen LogP contribution in [0.5, 0.6) is 0 Å². The molecule has 1 atom stereocenters. The minimum Gasteiger partial charge on any atom is -0.350 e. The Hall–Kier alpha value is -0.580. The third kappa shape index (κ3) is 2.56. The Bertz CT molecular complexity index is 462. The van der Waals surface area contributed by atoms with Gasteiger partial charge < -0.3 is 5.32 Å². The zero-order valence-electron chi connectivity index (χ0n) is 8.83. The lowest BCUT2D eigenvalue weighted by Gasteiger charge is -2.06. The van der Waals surface area contributed by atoms with Crippen LogP contribution in [0.25, 0.3) is 9.40 Å². The summed E-state index contributed by atoms with van der Waals surface area (Å²) in [4.78, 5) is 12.5. The molecule has 0 radical (unpaired) electrons. The standard InChI is InChI=1S/C11H12ClNOS2/c1-2-7(12)6-13-11(14)10-5-9-8(16-10)3-4-15-9/h3-5,7H,2,6H2,1H3,(H,13,14). The number of carbonyl (C=O) groups is 1. The second kappa shape index (κ2) is 5.17. The first-order chi connectivity index (χ1) is 7.70. The third-order valence-corrected chi connectivity index (χ3v) is 4.85. The van der Waals surface area contributed by atoms with Crippen molar-refractivity contribution in [3.05, 3.63) is 22.4 Å². The number of halogens is 1. The Balaban J connectivity index is 2.02. The molecule has 2 aromatic rings. The molecule has 2 nitrogen and oxygen atoms in total. The Morgan fingerprint density at radius 3 is 3.06 bits per heavy atom. The SMILES string of the molecule is CCC(Cl)CNC(=O)c1cc2sccc2s1. The van der Waals surface area contributed by atoms with Gasteiger partial charge in [-0.15, -0.1) is 34.3 Å². The van der Waals surface area contributed by atoms with Crippen molar-refractivity contribution < 1.29 is 4.79 Å². The van der Waals surface area contributed by atoms with Crippen LogP contribution >= 0.6 is 34.3 Å². The lowest BCUT2D eigenvalue weighted by molar-refractivity contribution is 0.0957. The predicted octanol–water partition coefficient (Wildman–Crippen LogP) is 3.71. The molecule has 0 fully saturated rings. The fourth-order valence-electron chi connectivity index (χ4n) is 1.31. The van der Waals surface area contributed by atoms with Crippen LogP contribution in [0.1, 0.15) is 23.0 Å². The summed E-state index contributed by atoms with van der Waals surface area (Å²) in [6.07, 6.45) is 0.862. The molecule has 0 saturated carbocycles. The Morgan fingerprint density at radius 2 is 2.38 bits per heavy atom. The van der Waals surface area contributed by atoms with Crippen molar-refractivity contribution in [1.29, 1.82) is 0 Å². The van der Waals surface area contributed by atoms with Gasteiger partial charge in [-0.25, -0.2) is 0 Å². The van der Waals surface area contributed by atoms with E-state index in [4.69, 9.17) is 11.6 Å². The van der Waals surface area contributed by atoms with Crippen LogP contribution in [0, 0.1) is 0 Å². The number of fused-ring (bicyclic) bond motifs is 1. The average Bonchev–Trinajstić information content (AvgIpc) is 2.85. The second-order valence-corrected chi connectivity index (χ2v) is 6.12. The highest BCUT2D eigenvalue weighted by molar-refractivity contribution is 7.27. The first-order valence-electron chi connectivity index (χ1n) is 5.10. The maximum Gasteiger partial charge on any atom is 0.261 e. The van der Waals surface area contributed by atoms with E-state index in [1.165, 1.54) is 20.7 Å². The van der Waals surface area contributed by atoms with Crippen molar-refractivity contribution >= 4 is 49.6 Å². The molecule has 0 aromatic carbocycles. The number of amides is 1. The van der Waals surface area contributed by atoms with Crippen molar-refractivity contribution in [2.75, 3.05) is 6.54 Å². The van der Waals surface area contributed by atoms with E-state index in [1.54, 1.807) is 11.3 Å². The maximum absolute atomic E-state index is 11.8. The zero-order valence-corrected chi connectivity index (χ0v) is 11.2. The zero-order chi connectivity index (χ0) is 11.5. The van der Waals surface area contributed by atoms with Crippen molar-refractivity contribution in [3.63, 3.8) is 0 Å². The summed E-state index contributed by atoms with van der Waals surface area (Å²) in [7, 11) is 0. The molecule has 16 heavy (non-hydrogen) atoms. The highest BCUT2D eigenvalue weighted by atomic mass is 35.5. The van der Waals surface area contributed by atoms with E-state index < -0.39 is 0 Å². The Labute approximate surface area is 107 Å². The number of hydrogen-bond acceptors (Lipinski definition) is 3. The topological polar surface area (TPSA) is 29.1 Å². The molecule has 0 spiro atoms. The van der Waals surface area contributed by atoms with Gasteiger partial charge in [-0.05, 0) is 23.9 Å². The van der Waals surface area contributed by atoms with Crippen LogP contribution < -0.4 is 5.32 Å². The minimum absolute atomic E-state index is 0.0185. The van der Waals surface area contributed by atoms with Gasteiger partial charge in [-0.1, -0.05) is 6.92 Å². The molecule has 0 aliphatic heterocycles. The van der Waals surface area contributed by atoms with Crippen LogP contribution in [0.2, 0.25) is 0 Å². The minimum atomic E-state index is -0.0208. The summed E-state index contributed by atoms with van der Waals surface area (Å²) in [5.74, 6) is -0.0208. The van der Waals surface area contributed by atoms with Crippen LogP contribution in [0.15, 0.2) is 17.5 Å². The first kappa shape index (κ1) is 11.9. The monoisotopic (exact) mass is 273 g/mol. The highest BCUT2D eigenvalue weighted by Gasteiger charge is 2.11. The number of thiophene rings is 2. The fourth-order valence-corrected chi connectivity index (χ4v) is 3.41. The molecule has 1 N–H and O–H groups in total. The van der Waals surface area contributed by atoms with Crippen molar-refractivity contribution in [2.45, 2.75) is 18.7 Å². The van der Waals surface area contributed by atoms with E-state index in [1.807, 2.05) is 24.4 Å². The number of carbonyl (C=O) groups excluding carboxylic acids is 1. The second-order valence-electron chi connectivity index (χ2n) is 3.48. The van der Waals surface area contributed by atoms with Gasteiger partial charge in [-0.3, -0.25) is 4.79 Å². The van der Waals surface area contributed by atoms with Gasteiger partial charge in [0.25, 0.3) is 5.91 Å². The van der Waals surface area contributed by atoms with Gasteiger partial charge in [0.2, 0.25) is 0 Å². The number of hydrogen-bond donors (Lipinski definition) is 1. The summed E-state index contributed by atoms with van der Waals surface area (Å²) in [5.41, 5.74) is 0. The normalized spacial score (nSPS) is 12.9. The van der Waals surface area contributed by atoms with E-state index in [0.717, 1.165) is 11.3 Å². The molecular formula is C11H12ClNOS2. The van der Waals surface area contributed by atoms with E-state index in [2.05, 4.69) is 5.32 Å². The van der Waals surface area contributed by atoms with Gasteiger partial charge in [0.1, 0.15) is 0 Å². The number of rotatable bonds is 4. The summed E-state index contributed by atoms with van der Waals surface area (Å²) in [6, 6.07) is 3.98. The highest BCUT2D eigenvalue weighted by Crippen LogP contribution is 2.29. The molecule has 2 rings (SSSR count). The van der Waals surface area contributed by atoms with E-state index in [9.17, 15) is 4.79 Å². The molecule has 1 amide bonds. The fraction of sp³-hybridized carbons (Fsp3) is 0.364. The predicted molar refractivity (Wildman–Crippen MR) is 72.0 cm³/mol. The first-order valence-corrected chi connectivity index (χ1v) is 7.23. The van der Waals surface area contributed by atoms with Crippen LogP contribution in [0.4, 0.5) is 0 Å². The smallest absolute Gasteiger partial charge is 0.261 e. The molecule has 0 saturated heterocycles. The van der Waals surface area contributed by atoms with Crippen molar-refractivity contribution in [1.82, 2.24) is 5.32 Å².